The largest absolute Gasteiger partial charge is 0.497 e. The summed E-state index contributed by atoms with van der Waals surface area (Å²) in [6.07, 6.45) is 3.91. The molecule has 1 aliphatic carbocycles. The van der Waals surface area contributed by atoms with E-state index in [0.29, 0.717) is 23.9 Å². The van der Waals surface area contributed by atoms with E-state index in [2.05, 4.69) is 6.92 Å². The Morgan fingerprint density at radius 1 is 0.850 bits per heavy atom. The molecule has 0 bridgehead atoms. The first-order valence-corrected chi connectivity index (χ1v) is 13.2. The van der Waals surface area contributed by atoms with Crippen LogP contribution < -0.4 is 18.9 Å². The number of benzene rings is 3. The maximum atomic E-state index is 13.7. The van der Waals surface area contributed by atoms with Crippen molar-refractivity contribution in [3.05, 3.63) is 88.5 Å². The highest BCUT2D eigenvalue weighted by Crippen LogP contribution is 2.55. The molecule has 0 spiro atoms. The van der Waals surface area contributed by atoms with Gasteiger partial charge in [-0.3, -0.25) is 4.79 Å². The first-order valence-electron chi connectivity index (χ1n) is 13.2. The maximum Gasteiger partial charge on any atom is 0.330 e. The van der Waals surface area contributed by atoms with E-state index in [9.17, 15) is 9.59 Å². The van der Waals surface area contributed by atoms with Gasteiger partial charge in [-0.1, -0.05) is 25.1 Å². The average Bonchev–Trinajstić information content (AvgIpc) is 3.60. The molecule has 0 fully saturated rings. The Hall–Kier alpha value is -4.46. The van der Waals surface area contributed by atoms with Crippen LogP contribution in [0.1, 0.15) is 53.0 Å². The summed E-state index contributed by atoms with van der Waals surface area (Å²) in [5, 5.41) is 0. The Morgan fingerprint density at radius 2 is 1.62 bits per heavy atom. The molecule has 3 aromatic carbocycles. The average molecular weight is 545 g/mol. The highest BCUT2D eigenvalue weighted by atomic mass is 16.7. The summed E-state index contributed by atoms with van der Waals surface area (Å²) in [6.45, 7) is 2.78. The molecule has 208 valence electrons. The van der Waals surface area contributed by atoms with Gasteiger partial charge in [0.15, 0.2) is 11.5 Å². The van der Waals surface area contributed by atoms with Crippen molar-refractivity contribution >= 4 is 18.0 Å². The fourth-order valence-corrected chi connectivity index (χ4v) is 5.59. The van der Waals surface area contributed by atoms with Crippen molar-refractivity contribution in [3.8, 4) is 23.0 Å². The first kappa shape index (κ1) is 27.1. The topological polar surface area (TPSA) is 89.5 Å². The van der Waals surface area contributed by atoms with Crippen LogP contribution in [-0.4, -0.2) is 46.7 Å². The molecule has 0 saturated heterocycles. The van der Waals surface area contributed by atoms with Crippen molar-refractivity contribution in [2.24, 2.45) is 5.92 Å². The van der Waals surface area contributed by atoms with Crippen molar-refractivity contribution in [2.45, 2.75) is 25.2 Å². The lowest BCUT2D eigenvalue weighted by atomic mass is 9.78. The van der Waals surface area contributed by atoms with Crippen LogP contribution in [0.25, 0.3) is 6.08 Å². The molecule has 2 aliphatic rings. The standard InChI is InChI=1S/C32H32O8/c1-5-14-38-22-9-11-24-25(17-22)30(23-10-8-21(35-2)15-19(23)7-13-28(33)36-3)31(32(34)37-4)29(24)20-6-12-26-27(16-20)40-18-39-26/h6-13,15-17,29-31H,5,14,18H2,1-4H3/b13-7+. The molecule has 1 heterocycles. The summed E-state index contributed by atoms with van der Waals surface area (Å²) < 4.78 is 32.9. The molecular formula is C32H32O8. The number of carbonyl (C=O) groups excluding carboxylic acids is 2. The second kappa shape index (κ2) is 11.7. The van der Waals surface area contributed by atoms with Crippen molar-refractivity contribution in [1.82, 2.24) is 0 Å². The number of ether oxygens (including phenoxy) is 6. The van der Waals surface area contributed by atoms with E-state index in [4.69, 9.17) is 28.4 Å². The number of methoxy groups -OCH3 is 3. The van der Waals surface area contributed by atoms with Gasteiger partial charge in [-0.25, -0.2) is 4.79 Å². The summed E-state index contributed by atoms with van der Waals surface area (Å²) in [4.78, 5) is 25.7. The predicted molar refractivity (Wildman–Crippen MR) is 148 cm³/mol. The van der Waals surface area contributed by atoms with Crippen LogP contribution in [0.2, 0.25) is 0 Å². The van der Waals surface area contributed by atoms with E-state index in [1.807, 2.05) is 54.6 Å². The Balaban J connectivity index is 1.72. The van der Waals surface area contributed by atoms with Gasteiger partial charge in [0.2, 0.25) is 6.79 Å². The third-order valence-corrected chi connectivity index (χ3v) is 7.38. The third-order valence-electron chi connectivity index (χ3n) is 7.38. The smallest absolute Gasteiger partial charge is 0.330 e. The lowest BCUT2D eigenvalue weighted by Crippen LogP contribution is -2.26. The number of esters is 2. The van der Waals surface area contributed by atoms with E-state index in [1.165, 1.54) is 20.3 Å². The van der Waals surface area contributed by atoms with Gasteiger partial charge >= 0.3 is 11.9 Å². The van der Waals surface area contributed by atoms with Crippen LogP contribution >= 0.6 is 0 Å². The highest BCUT2D eigenvalue weighted by Gasteiger charge is 2.48. The van der Waals surface area contributed by atoms with Gasteiger partial charge < -0.3 is 28.4 Å². The fourth-order valence-electron chi connectivity index (χ4n) is 5.59. The molecule has 8 nitrogen and oxygen atoms in total. The Kier molecular flexibility index (Phi) is 7.96. The Labute approximate surface area is 233 Å². The summed E-state index contributed by atoms with van der Waals surface area (Å²) in [7, 11) is 4.31. The monoisotopic (exact) mass is 544 g/mol. The number of hydrogen-bond donors (Lipinski definition) is 0. The van der Waals surface area contributed by atoms with Gasteiger partial charge in [0, 0.05) is 17.9 Å². The molecule has 0 saturated carbocycles. The van der Waals surface area contributed by atoms with E-state index in [1.54, 1.807) is 13.2 Å². The van der Waals surface area contributed by atoms with Crippen molar-refractivity contribution in [1.29, 1.82) is 0 Å². The van der Waals surface area contributed by atoms with Crippen LogP contribution in [-0.2, 0) is 19.1 Å². The summed E-state index contributed by atoms with van der Waals surface area (Å²) in [5.74, 6) is 0.460. The quantitative estimate of drug-likeness (QED) is 0.259. The molecule has 0 amide bonds. The molecule has 0 aromatic heterocycles. The van der Waals surface area contributed by atoms with Gasteiger partial charge in [0.25, 0.3) is 0 Å². The minimum atomic E-state index is -0.611. The zero-order chi connectivity index (χ0) is 28.2. The molecule has 8 heteroatoms. The Bertz CT molecular complexity index is 1440. The van der Waals surface area contributed by atoms with E-state index in [0.717, 1.165) is 40.0 Å². The lowest BCUT2D eigenvalue weighted by Gasteiger charge is -2.25. The normalized spacial score (nSPS) is 18.9. The predicted octanol–water partition coefficient (Wildman–Crippen LogP) is 5.47. The van der Waals surface area contributed by atoms with Gasteiger partial charge in [0.05, 0.1) is 33.9 Å². The first-order chi connectivity index (χ1) is 19.5. The van der Waals surface area contributed by atoms with Crippen LogP contribution in [0, 0.1) is 5.92 Å². The van der Waals surface area contributed by atoms with Crippen molar-refractivity contribution < 1.29 is 38.0 Å². The van der Waals surface area contributed by atoms with Crippen LogP contribution in [0.5, 0.6) is 23.0 Å². The van der Waals surface area contributed by atoms with Crippen molar-refractivity contribution in [3.63, 3.8) is 0 Å². The number of carbonyl (C=O) groups is 2. The van der Waals surface area contributed by atoms with E-state index >= 15 is 0 Å². The zero-order valence-corrected chi connectivity index (χ0v) is 23.0. The molecule has 3 atom stereocenters. The summed E-state index contributed by atoms with van der Waals surface area (Å²) in [5.41, 5.74) is 4.41. The second-order valence-electron chi connectivity index (χ2n) is 9.61. The van der Waals surface area contributed by atoms with Gasteiger partial charge in [0.1, 0.15) is 11.5 Å². The van der Waals surface area contributed by atoms with Crippen molar-refractivity contribution in [2.75, 3.05) is 34.7 Å². The van der Waals surface area contributed by atoms with Crippen LogP contribution in [0.3, 0.4) is 0 Å². The number of hydrogen-bond acceptors (Lipinski definition) is 8. The second-order valence-corrected chi connectivity index (χ2v) is 9.61. The molecule has 5 rings (SSSR count). The SMILES string of the molecule is CCCOc1ccc2c(c1)C(c1ccc(OC)cc1/C=C/C(=O)OC)C(C(=O)OC)C2c1ccc2c(c1)OCO2. The molecule has 3 unspecified atom stereocenters. The molecule has 0 N–H and O–H groups in total. The highest BCUT2D eigenvalue weighted by molar-refractivity contribution is 5.88. The molecule has 0 radical (unpaired) electrons. The summed E-state index contributed by atoms with van der Waals surface area (Å²) >= 11 is 0. The van der Waals surface area contributed by atoms with Crippen LogP contribution in [0.15, 0.2) is 60.7 Å². The van der Waals surface area contributed by atoms with Gasteiger partial charge in [-0.15, -0.1) is 0 Å². The summed E-state index contributed by atoms with van der Waals surface area (Å²) in [6, 6.07) is 17.4. The van der Waals surface area contributed by atoms with E-state index in [-0.39, 0.29) is 18.7 Å². The molecular weight excluding hydrogens is 512 g/mol. The minimum absolute atomic E-state index is 0.156. The lowest BCUT2D eigenvalue weighted by molar-refractivity contribution is -0.146. The molecule has 1 aliphatic heterocycles. The Morgan fingerprint density at radius 3 is 2.38 bits per heavy atom. The zero-order valence-electron chi connectivity index (χ0n) is 23.0. The maximum absolute atomic E-state index is 13.7. The fraction of sp³-hybridized carbons (Fsp3) is 0.312. The molecule has 40 heavy (non-hydrogen) atoms. The number of fused-ring (bicyclic) bond motifs is 2. The van der Waals surface area contributed by atoms with Crippen LogP contribution in [0.4, 0.5) is 0 Å². The van der Waals surface area contributed by atoms with Gasteiger partial charge in [-0.2, -0.15) is 0 Å². The third kappa shape index (κ3) is 5.09. The minimum Gasteiger partial charge on any atom is -0.497 e. The van der Waals surface area contributed by atoms with E-state index < -0.39 is 17.8 Å². The molecule has 3 aromatic rings. The number of rotatable bonds is 9. The van der Waals surface area contributed by atoms with Gasteiger partial charge in [-0.05, 0) is 76.7 Å².